The van der Waals surface area contributed by atoms with Gasteiger partial charge in [-0.05, 0) is 31.2 Å². The van der Waals surface area contributed by atoms with E-state index in [1.165, 1.54) is 0 Å². The normalized spacial score (nSPS) is 26.4. The quantitative estimate of drug-likeness (QED) is 0.866. The highest BCUT2D eigenvalue weighted by Gasteiger charge is 2.44. The number of likely N-dealkylation sites (tertiary alicyclic amines) is 1. The van der Waals surface area contributed by atoms with Crippen LogP contribution in [0.1, 0.15) is 72.3 Å². The topological polar surface area (TPSA) is 75.6 Å². The molecule has 2 aliphatic heterocycles. The molecule has 6 heteroatoms. The zero-order chi connectivity index (χ0) is 19.8. The summed E-state index contributed by atoms with van der Waals surface area (Å²) in [6, 6.07) is 10.1. The first-order chi connectivity index (χ1) is 14.1. The highest BCUT2D eigenvalue weighted by Crippen LogP contribution is 2.43. The van der Waals surface area contributed by atoms with Crippen LogP contribution in [0.3, 0.4) is 0 Å². The zero-order valence-corrected chi connectivity index (χ0v) is 16.5. The van der Waals surface area contributed by atoms with Crippen LogP contribution in [-0.2, 0) is 4.74 Å². The standard InChI is InChI=1S/C23H27N3O3/c27-19-12-20(16-4-2-1-3-5-16)29-23(13-19)8-10-26(11-9-23)22(28)18-14-24-21(25-15-18)17-6-7-17/h1-5,14-15,17,19-20,27H,6-13H2/t19-,20-/m1/s1. The maximum absolute atomic E-state index is 12.9. The maximum atomic E-state index is 12.9. The maximum Gasteiger partial charge on any atom is 0.256 e. The highest BCUT2D eigenvalue weighted by atomic mass is 16.5. The number of ether oxygens (including phenoxy) is 1. The van der Waals surface area contributed by atoms with E-state index in [2.05, 4.69) is 22.1 Å². The minimum absolute atomic E-state index is 0.0156. The van der Waals surface area contributed by atoms with E-state index in [4.69, 9.17) is 4.74 Å². The van der Waals surface area contributed by atoms with Crippen LogP contribution in [0.15, 0.2) is 42.7 Å². The lowest BCUT2D eigenvalue weighted by atomic mass is 9.81. The number of aliphatic hydroxyl groups excluding tert-OH is 1. The highest BCUT2D eigenvalue weighted by molar-refractivity contribution is 5.93. The fourth-order valence-electron chi connectivity index (χ4n) is 4.65. The van der Waals surface area contributed by atoms with Crippen LogP contribution < -0.4 is 0 Å². The smallest absolute Gasteiger partial charge is 0.256 e. The van der Waals surface area contributed by atoms with Gasteiger partial charge in [0.05, 0.1) is 23.4 Å². The van der Waals surface area contributed by atoms with Gasteiger partial charge in [0.25, 0.3) is 5.91 Å². The van der Waals surface area contributed by atoms with Crippen molar-refractivity contribution in [3.05, 3.63) is 59.7 Å². The summed E-state index contributed by atoms with van der Waals surface area (Å²) in [6.45, 7) is 1.24. The average molecular weight is 393 g/mol. The van der Waals surface area contributed by atoms with Crippen molar-refractivity contribution in [3.63, 3.8) is 0 Å². The molecular weight excluding hydrogens is 366 g/mol. The first-order valence-corrected chi connectivity index (χ1v) is 10.6. The van der Waals surface area contributed by atoms with E-state index in [9.17, 15) is 9.90 Å². The van der Waals surface area contributed by atoms with E-state index in [0.717, 1.165) is 37.1 Å². The minimum atomic E-state index is -0.375. The Hall–Kier alpha value is -2.31. The number of hydrogen-bond donors (Lipinski definition) is 1. The second-order valence-electron chi connectivity index (χ2n) is 8.69. The second-order valence-corrected chi connectivity index (χ2v) is 8.69. The van der Waals surface area contributed by atoms with Gasteiger partial charge in [0.1, 0.15) is 5.82 Å². The SMILES string of the molecule is O=C(c1cnc(C2CC2)nc1)N1CCC2(CC1)C[C@H](O)C[C@H](c1ccccc1)O2. The van der Waals surface area contributed by atoms with Gasteiger partial charge in [0.2, 0.25) is 0 Å². The molecule has 29 heavy (non-hydrogen) atoms. The number of piperidine rings is 1. The van der Waals surface area contributed by atoms with Crippen molar-refractivity contribution in [1.29, 1.82) is 0 Å². The molecule has 1 spiro atoms. The molecule has 1 aromatic carbocycles. The average Bonchev–Trinajstić information content (AvgIpc) is 3.60. The Balaban J connectivity index is 1.24. The van der Waals surface area contributed by atoms with Gasteiger partial charge in [0, 0.05) is 44.2 Å². The fourth-order valence-corrected chi connectivity index (χ4v) is 4.65. The van der Waals surface area contributed by atoms with Gasteiger partial charge in [-0.15, -0.1) is 0 Å². The number of amides is 1. The van der Waals surface area contributed by atoms with Crippen LogP contribution in [0, 0.1) is 0 Å². The lowest BCUT2D eigenvalue weighted by molar-refractivity contribution is -0.181. The van der Waals surface area contributed by atoms with E-state index in [-0.39, 0.29) is 23.7 Å². The number of nitrogens with zero attached hydrogens (tertiary/aromatic N) is 3. The number of benzene rings is 1. The Labute approximate surface area is 170 Å². The van der Waals surface area contributed by atoms with Gasteiger partial charge < -0.3 is 14.7 Å². The van der Waals surface area contributed by atoms with Crippen LogP contribution in [0.25, 0.3) is 0 Å². The summed E-state index contributed by atoms with van der Waals surface area (Å²) in [5.41, 5.74) is 1.30. The van der Waals surface area contributed by atoms with Gasteiger partial charge in [-0.3, -0.25) is 4.79 Å². The molecule has 2 atom stereocenters. The van der Waals surface area contributed by atoms with Crippen molar-refractivity contribution in [3.8, 4) is 0 Å². The van der Waals surface area contributed by atoms with Crippen molar-refractivity contribution in [2.75, 3.05) is 13.1 Å². The number of hydrogen-bond acceptors (Lipinski definition) is 5. The molecule has 2 saturated heterocycles. The van der Waals surface area contributed by atoms with Crippen LogP contribution in [0.5, 0.6) is 0 Å². The van der Waals surface area contributed by atoms with Crippen LogP contribution in [0.2, 0.25) is 0 Å². The van der Waals surface area contributed by atoms with Gasteiger partial charge >= 0.3 is 0 Å². The van der Waals surface area contributed by atoms with Crippen LogP contribution >= 0.6 is 0 Å². The predicted octanol–water partition coefficient (Wildman–Crippen LogP) is 3.24. The summed E-state index contributed by atoms with van der Waals surface area (Å²) < 4.78 is 6.53. The van der Waals surface area contributed by atoms with Gasteiger partial charge in [0.15, 0.2) is 0 Å². The summed E-state index contributed by atoms with van der Waals surface area (Å²) in [5, 5.41) is 10.5. The number of aliphatic hydroxyl groups is 1. The van der Waals surface area contributed by atoms with Gasteiger partial charge in [-0.25, -0.2) is 9.97 Å². The fraction of sp³-hybridized carbons (Fsp3) is 0.522. The third-order valence-electron chi connectivity index (χ3n) is 6.48. The molecule has 1 amide bonds. The number of carbonyl (C=O) groups is 1. The molecule has 6 nitrogen and oxygen atoms in total. The molecule has 1 aromatic heterocycles. The van der Waals surface area contributed by atoms with Crippen LogP contribution in [-0.4, -0.2) is 50.7 Å². The molecule has 5 rings (SSSR count). The number of rotatable bonds is 3. The zero-order valence-electron chi connectivity index (χ0n) is 16.5. The molecule has 1 aliphatic carbocycles. The van der Waals surface area contributed by atoms with Crippen molar-refractivity contribution in [1.82, 2.24) is 14.9 Å². The molecule has 1 saturated carbocycles. The van der Waals surface area contributed by atoms with Gasteiger partial charge in [-0.1, -0.05) is 30.3 Å². The Kier molecular flexibility index (Phi) is 4.84. The van der Waals surface area contributed by atoms with Crippen molar-refractivity contribution in [2.45, 2.75) is 62.3 Å². The summed E-state index contributed by atoms with van der Waals surface area (Å²) >= 11 is 0. The van der Waals surface area contributed by atoms with Crippen molar-refractivity contribution in [2.24, 2.45) is 0 Å². The third-order valence-corrected chi connectivity index (χ3v) is 6.48. The van der Waals surface area contributed by atoms with E-state index >= 15 is 0 Å². The Morgan fingerprint density at radius 3 is 2.45 bits per heavy atom. The van der Waals surface area contributed by atoms with E-state index < -0.39 is 0 Å². The molecule has 3 heterocycles. The van der Waals surface area contributed by atoms with E-state index in [0.29, 0.717) is 37.4 Å². The lowest BCUT2D eigenvalue weighted by Crippen LogP contribution is -2.52. The molecule has 2 aromatic rings. The first-order valence-electron chi connectivity index (χ1n) is 10.6. The molecule has 1 N–H and O–H groups in total. The third kappa shape index (κ3) is 3.91. The largest absolute Gasteiger partial charge is 0.393 e. The Bertz CT molecular complexity index is 859. The first kappa shape index (κ1) is 18.7. The summed E-state index contributed by atoms with van der Waals surface area (Å²) in [5.74, 6) is 1.33. The van der Waals surface area contributed by atoms with Crippen molar-refractivity contribution >= 4 is 5.91 Å². The molecule has 3 fully saturated rings. The Morgan fingerprint density at radius 1 is 1.10 bits per heavy atom. The summed E-state index contributed by atoms with van der Waals surface area (Å²) in [7, 11) is 0. The molecule has 0 bridgehead atoms. The predicted molar refractivity (Wildman–Crippen MR) is 107 cm³/mol. The molecule has 3 aliphatic rings. The molecule has 0 unspecified atom stereocenters. The number of aromatic nitrogens is 2. The molecule has 0 radical (unpaired) electrons. The second kappa shape index (κ2) is 7.50. The lowest BCUT2D eigenvalue weighted by Gasteiger charge is -2.48. The van der Waals surface area contributed by atoms with Gasteiger partial charge in [-0.2, -0.15) is 0 Å². The molecular formula is C23H27N3O3. The molecule has 152 valence electrons. The Morgan fingerprint density at radius 2 is 1.79 bits per heavy atom. The number of carbonyl (C=O) groups excluding carboxylic acids is 1. The van der Waals surface area contributed by atoms with Crippen LogP contribution in [0.4, 0.5) is 0 Å². The summed E-state index contributed by atoms with van der Waals surface area (Å²) in [6.07, 6.45) is 7.90. The van der Waals surface area contributed by atoms with Crippen molar-refractivity contribution < 1.29 is 14.6 Å². The monoisotopic (exact) mass is 393 g/mol. The van der Waals surface area contributed by atoms with E-state index in [1.54, 1.807) is 12.4 Å². The summed E-state index contributed by atoms with van der Waals surface area (Å²) in [4.78, 5) is 23.5. The minimum Gasteiger partial charge on any atom is -0.393 e. The van der Waals surface area contributed by atoms with E-state index in [1.807, 2.05) is 23.1 Å².